The summed E-state index contributed by atoms with van der Waals surface area (Å²) >= 11 is 5.80. The topological polar surface area (TPSA) is 92.7 Å². The minimum atomic E-state index is -4.03. The third-order valence-corrected chi connectivity index (χ3v) is 4.46. The van der Waals surface area contributed by atoms with E-state index in [2.05, 4.69) is 4.72 Å². The molecule has 0 amide bonds. The summed E-state index contributed by atoms with van der Waals surface area (Å²) in [4.78, 5) is 11.0. The fourth-order valence-corrected chi connectivity index (χ4v) is 3.22. The first-order valence-corrected chi connectivity index (χ1v) is 7.90. The summed E-state index contributed by atoms with van der Waals surface area (Å²) < 4.78 is 32.1. The van der Waals surface area contributed by atoms with Gasteiger partial charge in [0.15, 0.2) is 0 Å². The Labute approximate surface area is 132 Å². The molecule has 22 heavy (non-hydrogen) atoms. The van der Waals surface area contributed by atoms with Crippen molar-refractivity contribution < 1.29 is 23.1 Å². The normalized spacial score (nSPS) is 11.0. The molecule has 0 heterocycles. The van der Waals surface area contributed by atoms with Gasteiger partial charge in [-0.3, -0.25) is 4.72 Å². The second-order valence-electron chi connectivity index (χ2n) is 4.25. The lowest BCUT2D eigenvalue weighted by Gasteiger charge is -2.13. The van der Waals surface area contributed by atoms with E-state index in [1.165, 1.54) is 49.6 Å². The maximum Gasteiger partial charge on any atom is 0.337 e. The Balaban J connectivity index is 2.47. The van der Waals surface area contributed by atoms with Crippen LogP contribution in [-0.2, 0) is 10.0 Å². The number of carboxylic acids is 1. The molecule has 0 aromatic heterocycles. The summed E-state index contributed by atoms with van der Waals surface area (Å²) in [6.07, 6.45) is 0. The molecule has 2 N–H and O–H groups in total. The molecule has 0 bridgehead atoms. The zero-order valence-corrected chi connectivity index (χ0v) is 13.0. The van der Waals surface area contributed by atoms with Crippen LogP contribution in [0.5, 0.6) is 5.75 Å². The molecular formula is C14H12ClNO5S. The van der Waals surface area contributed by atoms with Crippen molar-refractivity contribution in [1.82, 2.24) is 0 Å². The molecule has 0 fully saturated rings. The molecule has 0 saturated carbocycles. The van der Waals surface area contributed by atoms with Crippen molar-refractivity contribution in [3.63, 3.8) is 0 Å². The summed E-state index contributed by atoms with van der Waals surface area (Å²) in [5.74, 6) is -1.17. The Morgan fingerprint density at radius 3 is 2.55 bits per heavy atom. The quantitative estimate of drug-likeness (QED) is 0.872. The smallest absolute Gasteiger partial charge is 0.337 e. The molecule has 2 rings (SSSR count). The van der Waals surface area contributed by atoms with Gasteiger partial charge in [-0.2, -0.15) is 0 Å². The van der Waals surface area contributed by atoms with E-state index in [4.69, 9.17) is 21.4 Å². The highest BCUT2D eigenvalue weighted by Crippen LogP contribution is 2.29. The molecule has 0 atom stereocenters. The fourth-order valence-electron chi connectivity index (χ4n) is 1.82. The van der Waals surface area contributed by atoms with Gasteiger partial charge < -0.3 is 9.84 Å². The molecule has 6 nitrogen and oxygen atoms in total. The number of carbonyl (C=O) groups is 1. The molecule has 0 radical (unpaired) electrons. The SMILES string of the molecule is COc1cc(Cl)ccc1S(=O)(=O)Nc1ccccc1C(=O)O. The average Bonchev–Trinajstić information content (AvgIpc) is 2.46. The van der Waals surface area contributed by atoms with E-state index in [9.17, 15) is 13.2 Å². The Bertz CT molecular complexity index is 820. The number of ether oxygens (including phenoxy) is 1. The Morgan fingerprint density at radius 2 is 1.91 bits per heavy atom. The number of rotatable bonds is 5. The van der Waals surface area contributed by atoms with Gasteiger partial charge in [0.05, 0.1) is 18.4 Å². The lowest BCUT2D eigenvalue weighted by atomic mass is 10.2. The molecule has 0 unspecified atom stereocenters. The molecule has 0 aliphatic heterocycles. The number of methoxy groups -OCH3 is 1. The number of carboxylic acid groups (broad SMARTS) is 1. The molecule has 0 saturated heterocycles. The number of hydrogen-bond acceptors (Lipinski definition) is 4. The van der Waals surface area contributed by atoms with Crippen molar-refractivity contribution in [1.29, 1.82) is 0 Å². The standard InChI is InChI=1S/C14H12ClNO5S/c1-21-12-8-9(15)6-7-13(12)22(19,20)16-11-5-3-2-4-10(11)14(17)18/h2-8,16H,1H3,(H,17,18). The molecule has 2 aromatic carbocycles. The van der Waals surface area contributed by atoms with Crippen molar-refractivity contribution in [3.05, 3.63) is 53.1 Å². The second-order valence-corrected chi connectivity index (χ2v) is 6.34. The highest BCUT2D eigenvalue weighted by Gasteiger charge is 2.22. The van der Waals surface area contributed by atoms with Crippen LogP contribution in [0.4, 0.5) is 5.69 Å². The first-order valence-electron chi connectivity index (χ1n) is 6.04. The van der Waals surface area contributed by atoms with Crippen LogP contribution < -0.4 is 9.46 Å². The lowest BCUT2D eigenvalue weighted by Crippen LogP contribution is -2.16. The van der Waals surface area contributed by atoms with Gasteiger partial charge in [-0.25, -0.2) is 13.2 Å². The minimum absolute atomic E-state index is 0.0352. The number of anilines is 1. The van der Waals surface area contributed by atoms with Crippen molar-refractivity contribution in [2.45, 2.75) is 4.90 Å². The van der Waals surface area contributed by atoms with Crippen LogP contribution in [0, 0.1) is 0 Å². The number of aromatic carboxylic acids is 1. The van der Waals surface area contributed by atoms with Crippen LogP contribution >= 0.6 is 11.6 Å². The van der Waals surface area contributed by atoms with E-state index in [0.29, 0.717) is 5.02 Å². The van der Waals surface area contributed by atoms with E-state index in [-0.39, 0.29) is 21.9 Å². The zero-order valence-electron chi connectivity index (χ0n) is 11.4. The highest BCUT2D eigenvalue weighted by molar-refractivity contribution is 7.92. The summed E-state index contributed by atoms with van der Waals surface area (Å²) in [6, 6.07) is 9.75. The summed E-state index contributed by atoms with van der Waals surface area (Å²) in [6.45, 7) is 0. The van der Waals surface area contributed by atoms with Crippen molar-refractivity contribution in [2.24, 2.45) is 0 Å². The monoisotopic (exact) mass is 341 g/mol. The van der Waals surface area contributed by atoms with Gasteiger partial charge >= 0.3 is 5.97 Å². The van der Waals surface area contributed by atoms with Gasteiger partial charge in [-0.15, -0.1) is 0 Å². The van der Waals surface area contributed by atoms with E-state index < -0.39 is 16.0 Å². The maximum absolute atomic E-state index is 12.4. The zero-order chi connectivity index (χ0) is 16.3. The van der Waals surface area contributed by atoms with Gasteiger partial charge in [0.1, 0.15) is 10.6 Å². The largest absolute Gasteiger partial charge is 0.495 e. The third-order valence-electron chi connectivity index (χ3n) is 2.82. The first-order chi connectivity index (χ1) is 10.3. The predicted octanol–water partition coefficient (Wildman–Crippen LogP) is 2.85. The highest BCUT2D eigenvalue weighted by atomic mass is 35.5. The van der Waals surface area contributed by atoms with Gasteiger partial charge in [0.25, 0.3) is 10.0 Å². The second kappa shape index (κ2) is 6.25. The Morgan fingerprint density at radius 1 is 1.23 bits per heavy atom. The van der Waals surface area contributed by atoms with Crippen LogP contribution in [0.25, 0.3) is 0 Å². The maximum atomic E-state index is 12.4. The van der Waals surface area contributed by atoms with Crippen molar-refractivity contribution >= 4 is 33.3 Å². The third kappa shape index (κ3) is 3.32. The van der Waals surface area contributed by atoms with Crippen LogP contribution in [0.1, 0.15) is 10.4 Å². The summed E-state index contributed by atoms with van der Waals surface area (Å²) in [5.41, 5.74) is -0.189. The molecule has 0 aliphatic rings. The average molecular weight is 342 g/mol. The number of para-hydroxylation sites is 1. The predicted molar refractivity (Wildman–Crippen MR) is 82.2 cm³/mol. The van der Waals surface area contributed by atoms with E-state index in [1.54, 1.807) is 0 Å². The fraction of sp³-hybridized carbons (Fsp3) is 0.0714. The molecule has 8 heteroatoms. The first kappa shape index (κ1) is 16.1. The number of hydrogen-bond donors (Lipinski definition) is 2. The number of halogens is 1. The molecule has 0 aliphatic carbocycles. The summed E-state index contributed by atoms with van der Waals surface area (Å²) in [5, 5.41) is 9.41. The van der Waals surface area contributed by atoms with Gasteiger partial charge in [-0.05, 0) is 24.3 Å². The van der Waals surface area contributed by atoms with Gasteiger partial charge in [0, 0.05) is 11.1 Å². The molecular weight excluding hydrogens is 330 g/mol. The van der Waals surface area contributed by atoms with Crippen LogP contribution in [0.2, 0.25) is 5.02 Å². The van der Waals surface area contributed by atoms with E-state index >= 15 is 0 Å². The number of benzene rings is 2. The molecule has 0 spiro atoms. The van der Waals surface area contributed by atoms with Crippen LogP contribution in [-0.4, -0.2) is 26.6 Å². The van der Waals surface area contributed by atoms with E-state index in [0.717, 1.165) is 0 Å². The Kier molecular flexibility index (Phi) is 4.58. The molecule has 2 aromatic rings. The van der Waals surface area contributed by atoms with Crippen LogP contribution in [0.15, 0.2) is 47.4 Å². The van der Waals surface area contributed by atoms with Crippen molar-refractivity contribution in [2.75, 3.05) is 11.8 Å². The van der Waals surface area contributed by atoms with Gasteiger partial charge in [-0.1, -0.05) is 23.7 Å². The molecule has 116 valence electrons. The minimum Gasteiger partial charge on any atom is -0.495 e. The van der Waals surface area contributed by atoms with Crippen LogP contribution in [0.3, 0.4) is 0 Å². The number of sulfonamides is 1. The summed E-state index contributed by atoms with van der Waals surface area (Å²) in [7, 11) is -2.71. The van der Waals surface area contributed by atoms with Gasteiger partial charge in [0.2, 0.25) is 0 Å². The van der Waals surface area contributed by atoms with Crippen molar-refractivity contribution in [3.8, 4) is 5.75 Å². The van der Waals surface area contributed by atoms with E-state index in [1.807, 2.05) is 0 Å². The Hall–Kier alpha value is -2.25. The number of nitrogens with one attached hydrogen (secondary N) is 1. The lowest BCUT2D eigenvalue weighted by molar-refractivity contribution is 0.0698.